The highest BCUT2D eigenvalue weighted by Crippen LogP contribution is 2.32. The standard InChI is InChI=1S/C18H12BrClN2O3S/c1-10(23)25-15-7-2-12(19)8-11(15)9-16-17(24)22-18(26-16)21-14-5-3-13(20)4-6-14/h2-9H,1H3,(H,21,22,24)/b16-9-. The van der Waals surface area contributed by atoms with Crippen molar-refractivity contribution in [1.82, 2.24) is 5.32 Å². The number of thioether (sulfide) groups is 1. The molecule has 26 heavy (non-hydrogen) atoms. The van der Waals surface area contributed by atoms with Crippen molar-refractivity contribution < 1.29 is 14.3 Å². The number of nitrogens with zero attached hydrogens (tertiary/aromatic N) is 1. The average Bonchev–Trinajstić information content (AvgIpc) is 2.91. The van der Waals surface area contributed by atoms with Crippen molar-refractivity contribution >= 4 is 68.1 Å². The molecule has 5 nitrogen and oxygen atoms in total. The lowest BCUT2D eigenvalue weighted by molar-refractivity contribution is -0.131. The van der Waals surface area contributed by atoms with Crippen LogP contribution < -0.4 is 10.1 Å². The first-order valence-corrected chi connectivity index (χ1v) is 9.42. The second kappa shape index (κ2) is 8.07. The largest absolute Gasteiger partial charge is 0.426 e. The van der Waals surface area contributed by atoms with Crippen LogP contribution in [0.15, 0.2) is 56.8 Å². The van der Waals surface area contributed by atoms with Crippen LogP contribution in [0.1, 0.15) is 12.5 Å². The zero-order valence-electron chi connectivity index (χ0n) is 13.5. The van der Waals surface area contributed by atoms with Crippen molar-refractivity contribution in [2.45, 2.75) is 6.92 Å². The molecule has 1 amide bonds. The van der Waals surface area contributed by atoms with Gasteiger partial charge in [0.25, 0.3) is 5.91 Å². The number of aliphatic imine (C=N–C) groups is 1. The summed E-state index contributed by atoms with van der Waals surface area (Å²) in [6, 6.07) is 12.2. The van der Waals surface area contributed by atoms with E-state index in [-0.39, 0.29) is 5.91 Å². The Hall–Kier alpha value is -2.09. The molecule has 0 radical (unpaired) electrons. The summed E-state index contributed by atoms with van der Waals surface area (Å²) in [7, 11) is 0. The maximum atomic E-state index is 12.2. The first-order chi connectivity index (χ1) is 12.4. The van der Waals surface area contributed by atoms with Crippen LogP contribution in [-0.4, -0.2) is 17.0 Å². The van der Waals surface area contributed by atoms with Crippen LogP contribution in [0.3, 0.4) is 0 Å². The molecule has 0 aromatic heterocycles. The minimum atomic E-state index is -0.430. The SMILES string of the molecule is CC(=O)Oc1ccc(Br)cc1/C=C1\SC(=Nc2ccc(Cl)cc2)NC1=O. The van der Waals surface area contributed by atoms with E-state index in [2.05, 4.69) is 26.2 Å². The van der Waals surface area contributed by atoms with Gasteiger partial charge in [-0.05, 0) is 60.3 Å². The Kier molecular flexibility index (Phi) is 5.80. The molecule has 3 rings (SSSR count). The zero-order valence-corrected chi connectivity index (χ0v) is 16.6. The molecule has 8 heteroatoms. The van der Waals surface area contributed by atoms with Gasteiger partial charge in [-0.1, -0.05) is 27.5 Å². The fourth-order valence-corrected chi connectivity index (χ4v) is 3.47. The number of amides is 1. The Bertz CT molecular complexity index is 942. The third-order valence-electron chi connectivity index (χ3n) is 3.22. The van der Waals surface area contributed by atoms with Gasteiger partial charge >= 0.3 is 5.97 Å². The summed E-state index contributed by atoms with van der Waals surface area (Å²) < 4.78 is 6.00. The maximum absolute atomic E-state index is 12.2. The van der Waals surface area contributed by atoms with E-state index in [4.69, 9.17) is 16.3 Å². The predicted molar refractivity (Wildman–Crippen MR) is 108 cm³/mol. The molecule has 1 heterocycles. The number of nitrogens with one attached hydrogen (secondary N) is 1. The van der Waals surface area contributed by atoms with E-state index in [0.29, 0.717) is 32.1 Å². The van der Waals surface area contributed by atoms with E-state index in [1.165, 1.54) is 18.7 Å². The Morgan fingerprint density at radius 1 is 1.27 bits per heavy atom. The van der Waals surface area contributed by atoms with Crippen molar-refractivity contribution in [3.05, 3.63) is 62.4 Å². The number of halogens is 2. The Morgan fingerprint density at radius 3 is 2.69 bits per heavy atom. The monoisotopic (exact) mass is 450 g/mol. The predicted octanol–water partition coefficient (Wildman–Crippen LogP) is 4.92. The number of hydrogen-bond donors (Lipinski definition) is 1. The van der Waals surface area contributed by atoms with Crippen molar-refractivity contribution in [2.24, 2.45) is 4.99 Å². The number of carbonyl (C=O) groups is 2. The molecule has 0 bridgehead atoms. The van der Waals surface area contributed by atoms with E-state index in [9.17, 15) is 9.59 Å². The van der Waals surface area contributed by atoms with Gasteiger partial charge in [-0.25, -0.2) is 4.99 Å². The van der Waals surface area contributed by atoms with Crippen molar-refractivity contribution in [1.29, 1.82) is 0 Å². The summed E-state index contributed by atoms with van der Waals surface area (Å²) in [5.74, 6) is -0.318. The second-order valence-electron chi connectivity index (χ2n) is 5.23. The van der Waals surface area contributed by atoms with Crippen molar-refractivity contribution in [2.75, 3.05) is 0 Å². The molecule has 132 valence electrons. The molecule has 0 atom stereocenters. The molecule has 1 aliphatic rings. The highest BCUT2D eigenvalue weighted by Gasteiger charge is 2.24. The van der Waals surface area contributed by atoms with Crippen LogP contribution >= 0.6 is 39.3 Å². The second-order valence-corrected chi connectivity index (χ2v) is 7.62. The minimum Gasteiger partial charge on any atom is -0.426 e. The molecule has 2 aromatic rings. The van der Waals surface area contributed by atoms with Crippen LogP contribution in [0, 0.1) is 0 Å². The lowest BCUT2D eigenvalue weighted by Crippen LogP contribution is -2.19. The number of rotatable bonds is 3. The first kappa shape index (κ1) is 18.7. The van der Waals surface area contributed by atoms with Crippen molar-refractivity contribution in [3.63, 3.8) is 0 Å². The molecule has 1 aliphatic heterocycles. The van der Waals surface area contributed by atoms with Gasteiger partial charge in [0, 0.05) is 22.0 Å². The lowest BCUT2D eigenvalue weighted by Gasteiger charge is -2.06. The van der Waals surface area contributed by atoms with Gasteiger partial charge in [0.05, 0.1) is 10.6 Å². The molecule has 1 fully saturated rings. The summed E-state index contributed by atoms with van der Waals surface area (Å²) >= 11 is 10.4. The van der Waals surface area contributed by atoms with E-state index in [1.54, 1.807) is 48.5 Å². The number of carbonyl (C=O) groups excluding carboxylic acids is 2. The van der Waals surface area contributed by atoms with Crippen LogP contribution in [0.25, 0.3) is 6.08 Å². The quantitative estimate of drug-likeness (QED) is 0.409. The number of esters is 1. The molecule has 1 N–H and O–H groups in total. The van der Waals surface area contributed by atoms with E-state index < -0.39 is 5.97 Å². The number of hydrogen-bond acceptors (Lipinski definition) is 5. The van der Waals surface area contributed by atoms with E-state index >= 15 is 0 Å². The topological polar surface area (TPSA) is 67.8 Å². The van der Waals surface area contributed by atoms with Gasteiger partial charge in [0.1, 0.15) is 5.75 Å². The molecule has 2 aromatic carbocycles. The molecule has 1 saturated heterocycles. The van der Waals surface area contributed by atoms with Gasteiger partial charge in [-0.3, -0.25) is 9.59 Å². The van der Waals surface area contributed by atoms with Gasteiger partial charge in [0.15, 0.2) is 5.17 Å². The third-order valence-corrected chi connectivity index (χ3v) is 4.88. The van der Waals surface area contributed by atoms with Crippen molar-refractivity contribution in [3.8, 4) is 5.75 Å². The molecule has 0 aliphatic carbocycles. The molecule has 0 saturated carbocycles. The Balaban J connectivity index is 1.88. The Labute approximate surface area is 167 Å². The summed E-state index contributed by atoms with van der Waals surface area (Å²) in [4.78, 5) is 28.3. The maximum Gasteiger partial charge on any atom is 0.308 e. The fourth-order valence-electron chi connectivity index (χ4n) is 2.13. The van der Waals surface area contributed by atoms with E-state index in [0.717, 1.165) is 4.47 Å². The van der Waals surface area contributed by atoms with Crippen LogP contribution in [0.2, 0.25) is 5.02 Å². The van der Waals surface area contributed by atoms with Crippen LogP contribution in [0.5, 0.6) is 5.75 Å². The highest BCUT2D eigenvalue weighted by molar-refractivity contribution is 9.10. The van der Waals surface area contributed by atoms with Gasteiger partial charge in [0.2, 0.25) is 0 Å². The fraction of sp³-hybridized carbons (Fsp3) is 0.0556. The summed E-state index contributed by atoms with van der Waals surface area (Å²) in [6.07, 6.45) is 1.66. The molecule has 0 unspecified atom stereocenters. The minimum absolute atomic E-state index is 0.267. The highest BCUT2D eigenvalue weighted by atomic mass is 79.9. The molecular formula is C18H12BrClN2O3S. The number of ether oxygens (including phenoxy) is 1. The molecule has 0 spiro atoms. The summed E-state index contributed by atoms with van der Waals surface area (Å²) in [5, 5.41) is 3.80. The van der Waals surface area contributed by atoms with Gasteiger partial charge < -0.3 is 10.1 Å². The van der Waals surface area contributed by atoms with Crippen LogP contribution in [-0.2, 0) is 9.59 Å². The lowest BCUT2D eigenvalue weighted by atomic mass is 10.2. The molecular weight excluding hydrogens is 440 g/mol. The third kappa shape index (κ3) is 4.75. The first-order valence-electron chi connectivity index (χ1n) is 7.44. The number of benzene rings is 2. The summed E-state index contributed by atoms with van der Waals surface area (Å²) in [6.45, 7) is 1.33. The van der Waals surface area contributed by atoms with Gasteiger partial charge in [-0.15, -0.1) is 0 Å². The smallest absolute Gasteiger partial charge is 0.308 e. The normalized spacial score (nSPS) is 16.8. The van der Waals surface area contributed by atoms with E-state index in [1.807, 2.05) is 0 Å². The summed E-state index contributed by atoms with van der Waals surface area (Å²) in [5.41, 5.74) is 1.29. The average molecular weight is 452 g/mol. The van der Waals surface area contributed by atoms with Crippen LogP contribution in [0.4, 0.5) is 5.69 Å². The Morgan fingerprint density at radius 2 is 2.00 bits per heavy atom. The van der Waals surface area contributed by atoms with Gasteiger partial charge in [-0.2, -0.15) is 0 Å². The zero-order chi connectivity index (χ0) is 18.7. The number of amidine groups is 1.